The molecular weight excluding hydrogens is 346 g/mol. The summed E-state index contributed by atoms with van der Waals surface area (Å²) in [5.74, 6) is -0.0127. The number of aliphatic hydroxyl groups excluding tert-OH is 1. The second-order valence-electron chi connectivity index (χ2n) is 8.61. The van der Waals surface area contributed by atoms with E-state index in [1.807, 2.05) is 6.92 Å². The molecule has 3 nitrogen and oxygen atoms in total. The largest absolute Gasteiger partial charge is 0.374 e. The van der Waals surface area contributed by atoms with Gasteiger partial charge in [0.15, 0.2) is 0 Å². The van der Waals surface area contributed by atoms with E-state index in [1.54, 1.807) is 0 Å². The van der Waals surface area contributed by atoms with Crippen LogP contribution in [-0.4, -0.2) is 17.2 Å². The summed E-state index contributed by atoms with van der Waals surface area (Å²) in [6.07, 6.45) is 26.4. The van der Waals surface area contributed by atoms with Gasteiger partial charge in [0.1, 0.15) is 6.23 Å². The second kappa shape index (κ2) is 22.7. The fourth-order valence-electron chi connectivity index (χ4n) is 3.72. The van der Waals surface area contributed by atoms with Gasteiger partial charge in [0, 0.05) is 6.42 Å². The van der Waals surface area contributed by atoms with Gasteiger partial charge in [-0.3, -0.25) is 4.79 Å². The van der Waals surface area contributed by atoms with E-state index >= 15 is 0 Å². The maximum absolute atomic E-state index is 11.5. The molecule has 0 aliphatic carbocycles. The van der Waals surface area contributed by atoms with Gasteiger partial charge in [0.05, 0.1) is 0 Å². The first-order valence-electron chi connectivity index (χ1n) is 12.7. The van der Waals surface area contributed by atoms with Crippen molar-refractivity contribution in [2.75, 3.05) is 0 Å². The topological polar surface area (TPSA) is 49.3 Å². The molecule has 0 aliphatic rings. The van der Waals surface area contributed by atoms with Crippen LogP contribution in [0.4, 0.5) is 0 Å². The molecule has 0 heterocycles. The van der Waals surface area contributed by atoms with E-state index in [0.29, 0.717) is 12.8 Å². The third-order valence-electron chi connectivity index (χ3n) is 5.72. The van der Waals surface area contributed by atoms with Gasteiger partial charge in [-0.1, -0.05) is 129 Å². The number of unbranched alkanes of at least 4 members (excludes halogenated alkanes) is 18. The molecule has 0 aromatic heterocycles. The van der Waals surface area contributed by atoms with Crippen LogP contribution in [0.5, 0.6) is 0 Å². The molecule has 1 amide bonds. The Labute approximate surface area is 176 Å². The number of carbonyl (C=O) groups is 1. The van der Waals surface area contributed by atoms with Crippen LogP contribution >= 0.6 is 0 Å². The number of hydrogen-bond donors (Lipinski definition) is 2. The first kappa shape index (κ1) is 27.4. The Bertz CT molecular complexity index is 320. The van der Waals surface area contributed by atoms with Gasteiger partial charge in [0.25, 0.3) is 0 Å². The van der Waals surface area contributed by atoms with Crippen molar-refractivity contribution < 1.29 is 9.90 Å². The molecule has 0 radical (unpaired) electrons. The highest BCUT2D eigenvalue weighted by molar-refractivity contribution is 5.75. The van der Waals surface area contributed by atoms with Crippen molar-refractivity contribution in [3.05, 3.63) is 0 Å². The molecule has 28 heavy (non-hydrogen) atoms. The van der Waals surface area contributed by atoms with E-state index in [0.717, 1.165) is 12.8 Å². The number of nitrogens with one attached hydrogen (secondary N) is 1. The Morgan fingerprint density at radius 1 is 0.607 bits per heavy atom. The normalized spacial score (nSPS) is 12.2. The zero-order valence-electron chi connectivity index (χ0n) is 19.3. The van der Waals surface area contributed by atoms with E-state index < -0.39 is 6.23 Å². The minimum Gasteiger partial charge on any atom is -0.374 e. The highest BCUT2D eigenvalue weighted by Gasteiger charge is 2.05. The number of aliphatic hydroxyl groups is 1. The van der Waals surface area contributed by atoms with E-state index in [4.69, 9.17) is 0 Å². The van der Waals surface area contributed by atoms with Crippen molar-refractivity contribution in [3.63, 3.8) is 0 Å². The first-order chi connectivity index (χ1) is 13.7. The summed E-state index contributed by atoms with van der Waals surface area (Å²) in [7, 11) is 0. The summed E-state index contributed by atoms with van der Waals surface area (Å²) in [6, 6.07) is 0. The van der Waals surface area contributed by atoms with E-state index in [-0.39, 0.29) is 5.91 Å². The third kappa shape index (κ3) is 21.7. The van der Waals surface area contributed by atoms with Crippen molar-refractivity contribution in [2.45, 2.75) is 155 Å². The number of rotatable bonds is 22. The quantitative estimate of drug-likeness (QED) is 0.145. The van der Waals surface area contributed by atoms with Gasteiger partial charge in [-0.05, 0) is 12.8 Å². The van der Waals surface area contributed by atoms with Crippen LogP contribution < -0.4 is 5.32 Å². The van der Waals surface area contributed by atoms with Crippen molar-refractivity contribution in [1.29, 1.82) is 0 Å². The van der Waals surface area contributed by atoms with Crippen LogP contribution in [0.1, 0.15) is 149 Å². The first-order valence-corrected chi connectivity index (χ1v) is 12.7. The van der Waals surface area contributed by atoms with Gasteiger partial charge in [0.2, 0.25) is 5.91 Å². The molecule has 1 atom stereocenters. The predicted molar refractivity (Wildman–Crippen MR) is 122 cm³/mol. The standard InChI is InChI=1S/C25H51NO2/c1-3-5-6-7-8-9-10-11-12-13-14-15-16-17-18-19-20-21-22-23-25(28)26-24(27)4-2/h24,27H,3-23H2,1-2H3,(H,26,28). The van der Waals surface area contributed by atoms with Crippen LogP contribution in [-0.2, 0) is 4.79 Å². The molecule has 0 saturated heterocycles. The third-order valence-corrected chi connectivity index (χ3v) is 5.72. The lowest BCUT2D eigenvalue weighted by molar-refractivity contribution is -0.124. The summed E-state index contributed by atoms with van der Waals surface area (Å²) >= 11 is 0. The zero-order valence-corrected chi connectivity index (χ0v) is 19.3. The van der Waals surface area contributed by atoms with E-state index in [9.17, 15) is 9.90 Å². The Morgan fingerprint density at radius 2 is 0.929 bits per heavy atom. The van der Waals surface area contributed by atoms with Gasteiger partial charge < -0.3 is 10.4 Å². The molecule has 0 spiro atoms. The maximum Gasteiger partial charge on any atom is 0.221 e. The van der Waals surface area contributed by atoms with Crippen molar-refractivity contribution in [3.8, 4) is 0 Å². The minimum absolute atomic E-state index is 0.0127. The molecule has 0 rings (SSSR count). The predicted octanol–water partition coefficient (Wildman–Crippen LogP) is 7.65. The van der Waals surface area contributed by atoms with Crippen LogP contribution in [0.2, 0.25) is 0 Å². The summed E-state index contributed by atoms with van der Waals surface area (Å²) in [4.78, 5) is 11.5. The smallest absolute Gasteiger partial charge is 0.221 e. The summed E-state index contributed by atoms with van der Waals surface area (Å²) in [5.41, 5.74) is 0. The SMILES string of the molecule is CCCCCCCCCCCCCCCCCCCCCC(=O)NC(O)CC. The summed E-state index contributed by atoms with van der Waals surface area (Å²) in [5, 5.41) is 12.0. The van der Waals surface area contributed by atoms with Crippen molar-refractivity contribution in [1.82, 2.24) is 5.32 Å². The molecule has 0 fully saturated rings. The number of amides is 1. The lowest BCUT2D eigenvalue weighted by atomic mass is 10.0. The van der Waals surface area contributed by atoms with Crippen molar-refractivity contribution >= 4 is 5.91 Å². The second-order valence-corrected chi connectivity index (χ2v) is 8.61. The highest BCUT2D eigenvalue weighted by Crippen LogP contribution is 2.14. The molecule has 0 bridgehead atoms. The van der Waals surface area contributed by atoms with Crippen LogP contribution in [0, 0.1) is 0 Å². The van der Waals surface area contributed by atoms with Crippen molar-refractivity contribution in [2.24, 2.45) is 0 Å². The fourth-order valence-corrected chi connectivity index (χ4v) is 3.72. The molecular formula is C25H51NO2. The Balaban J connectivity index is 3.09. The average Bonchev–Trinajstić information content (AvgIpc) is 2.69. The van der Waals surface area contributed by atoms with E-state index in [1.165, 1.54) is 109 Å². The maximum atomic E-state index is 11.5. The molecule has 0 saturated carbocycles. The van der Waals surface area contributed by atoms with Crippen LogP contribution in [0.15, 0.2) is 0 Å². The lowest BCUT2D eigenvalue weighted by Crippen LogP contribution is -2.33. The Hall–Kier alpha value is -0.570. The van der Waals surface area contributed by atoms with E-state index in [2.05, 4.69) is 12.2 Å². The molecule has 0 aromatic carbocycles. The van der Waals surface area contributed by atoms with Gasteiger partial charge >= 0.3 is 0 Å². The average molecular weight is 398 g/mol. The fraction of sp³-hybridized carbons (Fsp3) is 0.960. The molecule has 2 N–H and O–H groups in total. The minimum atomic E-state index is -0.673. The van der Waals surface area contributed by atoms with Gasteiger partial charge in [-0.25, -0.2) is 0 Å². The Kier molecular flexibility index (Phi) is 22.3. The van der Waals surface area contributed by atoms with Crippen LogP contribution in [0.3, 0.4) is 0 Å². The zero-order chi connectivity index (χ0) is 20.7. The Morgan fingerprint density at radius 3 is 1.25 bits per heavy atom. The molecule has 0 aliphatic heterocycles. The molecule has 0 aromatic rings. The summed E-state index contributed by atoms with van der Waals surface area (Å²) < 4.78 is 0. The van der Waals surface area contributed by atoms with Gasteiger partial charge in [-0.15, -0.1) is 0 Å². The lowest BCUT2D eigenvalue weighted by Gasteiger charge is -2.10. The monoisotopic (exact) mass is 397 g/mol. The number of hydrogen-bond acceptors (Lipinski definition) is 2. The molecule has 3 heteroatoms. The highest BCUT2D eigenvalue weighted by atomic mass is 16.3. The molecule has 1 unspecified atom stereocenters. The van der Waals surface area contributed by atoms with Crippen LogP contribution in [0.25, 0.3) is 0 Å². The summed E-state index contributed by atoms with van der Waals surface area (Å²) in [6.45, 7) is 4.15. The van der Waals surface area contributed by atoms with Gasteiger partial charge in [-0.2, -0.15) is 0 Å². The number of carbonyl (C=O) groups excluding carboxylic acids is 1. The molecule has 168 valence electrons.